The van der Waals surface area contributed by atoms with Gasteiger partial charge in [-0.2, -0.15) is 0 Å². The van der Waals surface area contributed by atoms with Crippen LogP contribution in [0.5, 0.6) is 0 Å². The smallest absolute Gasteiger partial charge is 0.0871 e. The minimum absolute atomic E-state index is 1.03. The summed E-state index contributed by atoms with van der Waals surface area (Å²) in [6.07, 6.45) is 4.13. The summed E-state index contributed by atoms with van der Waals surface area (Å²) in [5.41, 5.74) is 4.59. The van der Waals surface area contributed by atoms with Crippen LogP contribution < -0.4 is 0 Å². The lowest BCUT2D eigenvalue weighted by Gasteiger charge is -2.03. The number of fused-ring (bicyclic) bond motifs is 5. The highest BCUT2D eigenvalue weighted by Crippen LogP contribution is 2.27. The summed E-state index contributed by atoms with van der Waals surface area (Å²) >= 11 is 3.53. The number of aromatic nitrogens is 2. The van der Waals surface area contributed by atoms with E-state index in [0.717, 1.165) is 21.0 Å². The molecule has 0 aliphatic carbocycles. The van der Waals surface area contributed by atoms with Crippen LogP contribution in [0.25, 0.3) is 27.3 Å². The standard InChI is InChI=1S/C16H11BrN2/c1-10-2-5-14-15(6-10)19-9-11-7-12(17)3-4-13(11)16(19)8-18-14/h2-9H,1H3. The molecule has 0 spiro atoms. The van der Waals surface area contributed by atoms with E-state index in [0.29, 0.717) is 0 Å². The van der Waals surface area contributed by atoms with Crippen LogP contribution in [0.3, 0.4) is 0 Å². The molecule has 0 atom stereocenters. The fraction of sp³-hybridized carbons (Fsp3) is 0.0625. The maximum atomic E-state index is 4.56. The number of nitrogens with zero attached hydrogens (tertiary/aromatic N) is 2. The van der Waals surface area contributed by atoms with Crippen molar-refractivity contribution in [3.05, 3.63) is 58.8 Å². The fourth-order valence-corrected chi connectivity index (χ4v) is 2.99. The predicted octanol–water partition coefficient (Wildman–Crippen LogP) is 4.71. The highest BCUT2D eigenvalue weighted by Gasteiger charge is 2.07. The van der Waals surface area contributed by atoms with Gasteiger partial charge in [-0.05, 0) is 36.8 Å². The minimum atomic E-state index is 1.03. The molecule has 4 rings (SSSR count). The van der Waals surface area contributed by atoms with E-state index >= 15 is 0 Å². The van der Waals surface area contributed by atoms with Crippen LogP contribution in [-0.2, 0) is 0 Å². The molecule has 0 amide bonds. The molecule has 0 N–H and O–H groups in total. The van der Waals surface area contributed by atoms with E-state index in [1.165, 1.54) is 16.3 Å². The number of halogens is 1. The monoisotopic (exact) mass is 310 g/mol. The third-order valence-corrected chi connectivity index (χ3v) is 4.03. The fourth-order valence-electron chi connectivity index (χ4n) is 2.61. The quantitative estimate of drug-likeness (QED) is 0.459. The molecule has 3 heteroatoms. The molecule has 0 aliphatic rings. The molecule has 19 heavy (non-hydrogen) atoms. The van der Waals surface area contributed by atoms with Gasteiger partial charge < -0.3 is 4.40 Å². The Morgan fingerprint density at radius 2 is 1.95 bits per heavy atom. The van der Waals surface area contributed by atoms with Crippen molar-refractivity contribution in [2.45, 2.75) is 6.92 Å². The normalized spacial score (nSPS) is 11.7. The first-order chi connectivity index (χ1) is 9.22. The summed E-state index contributed by atoms with van der Waals surface area (Å²) in [6.45, 7) is 2.11. The summed E-state index contributed by atoms with van der Waals surface area (Å²) in [6, 6.07) is 12.7. The zero-order valence-electron chi connectivity index (χ0n) is 10.4. The first-order valence-corrected chi connectivity index (χ1v) is 6.97. The first-order valence-electron chi connectivity index (χ1n) is 6.18. The maximum Gasteiger partial charge on any atom is 0.0871 e. The van der Waals surface area contributed by atoms with Gasteiger partial charge in [0.2, 0.25) is 0 Å². The van der Waals surface area contributed by atoms with Crippen molar-refractivity contribution in [1.29, 1.82) is 0 Å². The Bertz CT molecular complexity index is 938. The van der Waals surface area contributed by atoms with Crippen molar-refractivity contribution in [1.82, 2.24) is 9.38 Å². The molecule has 4 aromatic rings. The summed E-state index contributed by atoms with van der Waals surface area (Å²) in [4.78, 5) is 4.56. The Morgan fingerprint density at radius 1 is 1.05 bits per heavy atom. The predicted molar refractivity (Wildman–Crippen MR) is 82.6 cm³/mol. The summed E-state index contributed by atoms with van der Waals surface area (Å²) in [5.74, 6) is 0. The second kappa shape index (κ2) is 3.81. The molecule has 0 saturated heterocycles. The lowest BCUT2D eigenvalue weighted by atomic mass is 10.2. The van der Waals surface area contributed by atoms with Crippen LogP contribution in [-0.4, -0.2) is 9.38 Å². The lowest BCUT2D eigenvalue weighted by Crippen LogP contribution is -1.89. The van der Waals surface area contributed by atoms with E-state index in [1.807, 2.05) is 6.20 Å². The third kappa shape index (κ3) is 1.58. The molecule has 92 valence electrons. The maximum absolute atomic E-state index is 4.56. The van der Waals surface area contributed by atoms with Crippen LogP contribution in [0.1, 0.15) is 5.56 Å². The van der Waals surface area contributed by atoms with Crippen LogP contribution in [0.15, 0.2) is 53.3 Å². The molecule has 2 heterocycles. The van der Waals surface area contributed by atoms with Crippen molar-refractivity contribution in [3.63, 3.8) is 0 Å². The highest BCUT2D eigenvalue weighted by molar-refractivity contribution is 9.10. The molecule has 0 aliphatic heterocycles. The Hall–Kier alpha value is -1.87. The van der Waals surface area contributed by atoms with Gasteiger partial charge in [0.05, 0.1) is 22.7 Å². The van der Waals surface area contributed by atoms with Gasteiger partial charge in [-0.1, -0.05) is 28.1 Å². The molecular weight excluding hydrogens is 300 g/mol. The second-order valence-corrected chi connectivity index (χ2v) is 5.78. The molecule has 0 radical (unpaired) electrons. The summed E-state index contributed by atoms with van der Waals surface area (Å²) in [5, 5.41) is 2.46. The number of hydrogen-bond acceptors (Lipinski definition) is 1. The molecule has 0 bridgehead atoms. The largest absolute Gasteiger partial charge is 0.312 e. The van der Waals surface area contributed by atoms with Gasteiger partial charge in [-0.15, -0.1) is 0 Å². The summed E-state index contributed by atoms with van der Waals surface area (Å²) < 4.78 is 3.33. The Morgan fingerprint density at radius 3 is 2.84 bits per heavy atom. The molecule has 2 aromatic carbocycles. The Balaban J connectivity index is 2.26. The third-order valence-electron chi connectivity index (χ3n) is 3.53. The van der Waals surface area contributed by atoms with Gasteiger partial charge in [0.1, 0.15) is 0 Å². The molecular formula is C16H11BrN2. The van der Waals surface area contributed by atoms with Crippen molar-refractivity contribution in [2.24, 2.45) is 0 Å². The van der Waals surface area contributed by atoms with E-state index in [-0.39, 0.29) is 0 Å². The minimum Gasteiger partial charge on any atom is -0.312 e. The average molecular weight is 311 g/mol. The zero-order valence-corrected chi connectivity index (χ0v) is 12.0. The van der Waals surface area contributed by atoms with Crippen LogP contribution in [0.4, 0.5) is 0 Å². The Labute approximate surface area is 118 Å². The first kappa shape index (κ1) is 11.0. The van der Waals surface area contributed by atoms with Crippen LogP contribution in [0, 0.1) is 6.92 Å². The van der Waals surface area contributed by atoms with Crippen LogP contribution in [0.2, 0.25) is 0 Å². The SMILES string of the molecule is Cc1ccc2ncc3c4ccc(Br)cc4cn3c2c1. The topological polar surface area (TPSA) is 17.3 Å². The van der Waals surface area contributed by atoms with Crippen molar-refractivity contribution >= 4 is 43.3 Å². The van der Waals surface area contributed by atoms with Crippen molar-refractivity contribution < 1.29 is 0 Å². The number of benzene rings is 2. The van der Waals surface area contributed by atoms with Crippen molar-refractivity contribution in [3.8, 4) is 0 Å². The van der Waals surface area contributed by atoms with Gasteiger partial charge in [0, 0.05) is 21.4 Å². The van der Waals surface area contributed by atoms with E-state index in [4.69, 9.17) is 0 Å². The van der Waals surface area contributed by atoms with Crippen molar-refractivity contribution in [2.75, 3.05) is 0 Å². The molecule has 0 saturated carbocycles. The molecule has 2 aromatic heterocycles. The van der Waals surface area contributed by atoms with Crippen LogP contribution >= 0.6 is 15.9 Å². The van der Waals surface area contributed by atoms with Gasteiger partial charge in [0.25, 0.3) is 0 Å². The van der Waals surface area contributed by atoms with Gasteiger partial charge in [-0.25, -0.2) is 0 Å². The van der Waals surface area contributed by atoms with E-state index in [1.54, 1.807) is 0 Å². The van der Waals surface area contributed by atoms with Gasteiger partial charge >= 0.3 is 0 Å². The zero-order chi connectivity index (χ0) is 13.0. The number of rotatable bonds is 0. The lowest BCUT2D eigenvalue weighted by molar-refractivity contribution is 1.23. The molecule has 2 nitrogen and oxygen atoms in total. The van der Waals surface area contributed by atoms with E-state index < -0.39 is 0 Å². The molecule has 0 unspecified atom stereocenters. The van der Waals surface area contributed by atoms with E-state index in [2.05, 4.69) is 74.8 Å². The number of aryl methyl sites for hydroxylation is 1. The van der Waals surface area contributed by atoms with Gasteiger partial charge in [0.15, 0.2) is 0 Å². The average Bonchev–Trinajstić information content (AvgIpc) is 2.76. The number of hydrogen-bond donors (Lipinski definition) is 0. The van der Waals surface area contributed by atoms with E-state index in [9.17, 15) is 0 Å². The van der Waals surface area contributed by atoms with Gasteiger partial charge in [-0.3, -0.25) is 4.98 Å². The summed E-state index contributed by atoms with van der Waals surface area (Å²) in [7, 11) is 0. The second-order valence-electron chi connectivity index (χ2n) is 4.87. The molecule has 0 fully saturated rings. The highest BCUT2D eigenvalue weighted by atomic mass is 79.9. The Kier molecular flexibility index (Phi) is 2.21.